The zero-order valence-corrected chi connectivity index (χ0v) is 15.4. The summed E-state index contributed by atoms with van der Waals surface area (Å²) in [6, 6.07) is 1.56. The van der Waals surface area contributed by atoms with Gasteiger partial charge in [-0.1, -0.05) is 33.1 Å². The fraction of sp³-hybridized carbons (Fsp3) is 0.750. The molecular formula is C16H28N3O4P. The molecule has 136 valence electrons. The molecule has 0 aliphatic carbocycles. The van der Waals surface area contributed by atoms with E-state index in [1.807, 2.05) is 0 Å². The Balaban J connectivity index is 1.74. The summed E-state index contributed by atoms with van der Waals surface area (Å²) in [6.07, 6.45) is 6.32. The lowest BCUT2D eigenvalue weighted by Crippen LogP contribution is -2.35. The summed E-state index contributed by atoms with van der Waals surface area (Å²) in [5, 5.41) is 0. The Hall–Kier alpha value is -1.17. The molecule has 1 aromatic rings. The van der Waals surface area contributed by atoms with Crippen LogP contribution in [0.3, 0.4) is 0 Å². The van der Waals surface area contributed by atoms with Gasteiger partial charge in [0, 0.05) is 12.4 Å². The Labute approximate surface area is 143 Å². The smallest absolute Gasteiger partial charge is 0.349 e. The van der Waals surface area contributed by atoms with Gasteiger partial charge >= 0.3 is 5.69 Å². The van der Waals surface area contributed by atoms with Gasteiger partial charge in [0.25, 0.3) is 0 Å². The molecule has 0 amide bonds. The molecule has 2 atom stereocenters. The highest BCUT2D eigenvalue weighted by Crippen LogP contribution is 2.50. The van der Waals surface area contributed by atoms with Gasteiger partial charge in [-0.3, -0.25) is 9.13 Å². The summed E-state index contributed by atoms with van der Waals surface area (Å²) in [4.78, 5) is 15.4. The summed E-state index contributed by atoms with van der Waals surface area (Å²) in [5.41, 5.74) is 5.04. The lowest BCUT2D eigenvalue weighted by atomic mass is 10.1. The van der Waals surface area contributed by atoms with Gasteiger partial charge in [0.1, 0.15) is 18.3 Å². The van der Waals surface area contributed by atoms with Crippen molar-refractivity contribution in [3.63, 3.8) is 0 Å². The Morgan fingerprint density at radius 2 is 2.21 bits per heavy atom. The number of nitrogen functional groups attached to an aromatic ring is 1. The van der Waals surface area contributed by atoms with Crippen molar-refractivity contribution in [3.8, 4) is 0 Å². The average Bonchev–Trinajstić information content (AvgIpc) is 2.52. The second-order valence-corrected chi connectivity index (χ2v) is 9.37. The van der Waals surface area contributed by atoms with Gasteiger partial charge in [-0.15, -0.1) is 0 Å². The van der Waals surface area contributed by atoms with E-state index in [0.29, 0.717) is 18.6 Å². The third kappa shape index (κ3) is 6.04. The number of nitrogens with two attached hydrogens (primary N) is 1. The van der Waals surface area contributed by atoms with Crippen LogP contribution in [0.15, 0.2) is 17.1 Å². The Morgan fingerprint density at radius 1 is 1.42 bits per heavy atom. The van der Waals surface area contributed by atoms with Crippen LogP contribution in [-0.2, 0) is 20.4 Å². The first kappa shape index (κ1) is 19.2. The minimum Gasteiger partial charge on any atom is -0.383 e. The molecular weight excluding hydrogens is 329 g/mol. The summed E-state index contributed by atoms with van der Waals surface area (Å²) < 4.78 is 25.3. The maximum Gasteiger partial charge on any atom is 0.349 e. The Morgan fingerprint density at radius 3 is 2.83 bits per heavy atom. The van der Waals surface area contributed by atoms with E-state index in [1.54, 1.807) is 12.3 Å². The molecule has 24 heavy (non-hydrogen) atoms. The van der Waals surface area contributed by atoms with E-state index < -0.39 is 13.1 Å². The second kappa shape index (κ2) is 8.79. The van der Waals surface area contributed by atoms with Crippen molar-refractivity contribution in [3.05, 3.63) is 22.7 Å². The first-order chi connectivity index (χ1) is 11.4. The van der Waals surface area contributed by atoms with Crippen molar-refractivity contribution < 1.29 is 13.8 Å². The highest BCUT2D eigenvalue weighted by atomic mass is 31.2. The number of rotatable bonds is 8. The molecule has 0 aromatic carbocycles. The van der Waals surface area contributed by atoms with Crippen molar-refractivity contribution in [2.24, 2.45) is 5.92 Å². The minimum atomic E-state index is -2.68. The molecule has 0 bridgehead atoms. The molecule has 8 heteroatoms. The molecule has 1 aliphatic rings. The number of ether oxygens (including phenoxy) is 1. The van der Waals surface area contributed by atoms with Gasteiger partial charge in [-0.05, 0) is 18.4 Å². The van der Waals surface area contributed by atoms with Gasteiger partial charge in [-0.25, -0.2) is 4.79 Å². The topological polar surface area (TPSA) is 96.4 Å². The molecule has 1 fully saturated rings. The van der Waals surface area contributed by atoms with E-state index in [4.69, 9.17) is 15.0 Å². The average molecular weight is 357 g/mol. The number of aromatic nitrogens is 2. The number of hydrogen-bond acceptors (Lipinski definition) is 6. The molecule has 0 saturated carbocycles. The van der Waals surface area contributed by atoms with Crippen LogP contribution in [-0.4, -0.2) is 34.8 Å². The molecule has 2 heterocycles. The van der Waals surface area contributed by atoms with Crippen LogP contribution in [0.2, 0.25) is 0 Å². The third-order valence-electron chi connectivity index (χ3n) is 4.08. The Bertz CT molecular complexity index is 620. The lowest BCUT2D eigenvalue weighted by molar-refractivity contribution is 0.00280. The monoisotopic (exact) mass is 357 g/mol. The molecule has 0 radical (unpaired) electrons. The van der Waals surface area contributed by atoms with E-state index >= 15 is 0 Å². The van der Waals surface area contributed by atoms with Crippen LogP contribution in [0.5, 0.6) is 0 Å². The van der Waals surface area contributed by atoms with Crippen molar-refractivity contribution >= 4 is 13.2 Å². The molecule has 1 aliphatic heterocycles. The third-order valence-corrected chi connectivity index (χ3v) is 6.24. The molecule has 1 aromatic heterocycles. The molecule has 1 unspecified atom stereocenters. The zero-order chi connectivity index (χ0) is 17.6. The molecule has 1 saturated heterocycles. The van der Waals surface area contributed by atoms with E-state index in [2.05, 4.69) is 18.8 Å². The van der Waals surface area contributed by atoms with Crippen LogP contribution in [0.25, 0.3) is 0 Å². The van der Waals surface area contributed by atoms with Crippen molar-refractivity contribution in [2.75, 3.05) is 24.9 Å². The normalized spacial score (nSPS) is 24.4. The van der Waals surface area contributed by atoms with E-state index in [0.717, 1.165) is 19.3 Å². The van der Waals surface area contributed by atoms with Crippen molar-refractivity contribution in [1.29, 1.82) is 0 Å². The highest BCUT2D eigenvalue weighted by molar-refractivity contribution is 7.58. The lowest BCUT2D eigenvalue weighted by Gasteiger charge is -2.29. The molecule has 2 rings (SSSR count). The zero-order valence-electron chi connectivity index (χ0n) is 14.5. The van der Waals surface area contributed by atoms with Gasteiger partial charge in [0.2, 0.25) is 7.37 Å². The first-order valence-corrected chi connectivity index (χ1v) is 10.5. The van der Waals surface area contributed by atoms with Gasteiger partial charge in [0.05, 0.1) is 13.2 Å². The standard InChI is InChI=1S/C16H28N3O4P/c1-13(2)6-4-3-5-9-24(21)12-22-14(11-23-24)10-19-8-7-15(17)18-16(19)20/h7-8,13-14H,3-6,9-12H2,1-2H3,(H2,17,18,20)/t14-,24?/m0/s1. The minimum absolute atomic E-state index is 0.124. The van der Waals surface area contributed by atoms with Crippen LogP contribution in [0.1, 0.15) is 39.5 Å². The summed E-state index contributed by atoms with van der Waals surface area (Å²) in [7, 11) is -2.68. The van der Waals surface area contributed by atoms with Crippen LogP contribution in [0, 0.1) is 5.92 Å². The number of unbranched alkanes of at least 4 members (excludes halogenated alkanes) is 2. The number of nitrogens with zero attached hydrogens (tertiary/aromatic N) is 2. The first-order valence-electron chi connectivity index (χ1n) is 8.55. The largest absolute Gasteiger partial charge is 0.383 e. The van der Waals surface area contributed by atoms with E-state index in [-0.39, 0.29) is 24.9 Å². The van der Waals surface area contributed by atoms with Crippen molar-refractivity contribution in [1.82, 2.24) is 9.55 Å². The van der Waals surface area contributed by atoms with Crippen LogP contribution < -0.4 is 11.4 Å². The second-order valence-electron chi connectivity index (χ2n) is 6.78. The molecule has 7 nitrogen and oxygen atoms in total. The molecule has 2 N–H and O–H groups in total. The van der Waals surface area contributed by atoms with Crippen LogP contribution in [0.4, 0.5) is 5.82 Å². The fourth-order valence-electron chi connectivity index (χ4n) is 2.64. The maximum atomic E-state index is 12.6. The van der Waals surface area contributed by atoms with E-state index in [1.165, 1.54) is 11.0 Å². The van der Waals surface area contributed by atoms with Gasteiger partial charge < -0.3 is 15.0 Å². The summed E-state index contributed by atoms with van der Waals surface area (Å²) in [5.74, 6) is 0.904. The SMILES string of the molecule is CC(C)CCCCCP1(=O)CO[C@@H](Cn2ccc(N)nc2=O)CO1. The molecule has 0 spiro atoms. The fourth-order valence-corrected chi connectivity index (χ4v) is 4.55. The van der Waals surface area contributed by atoms with Gasteiger partial charge in [-0.2, -0.15) is 4.98 Å². The van der Waals surface area contributed by atoms with Crippen LogP contribution >= 0.6 is 7.37 Å². The number of hydrogen-bond donors (Lipinski definition) is 1. The predicted molar refractivity (Wildman–Crippen MR) is 94.4 cm³/mol. The van der Waals surface area contributed by atoms with Gasteiger partial charge in [0.15, 0.2) is 0 Å². The van der Waals surface area contributed by atoms with E-state index in [9.17, 15) is 9.36 Å². The van der Waals surface area contributed by atoms with Crippen molar-refractivity contribution in [2.45, 2.75) is 52.2 Å². The maximum absolute atomic E-state index is 12.6. The summed E-state index contributed by atoms with van der Waals surface area (Å²) >= 11 is 0. The Kier molecular flexibility index (Phi) is 7.02. The summed E-state index contributed by atoms with van der Waals surface area (Å²) in [6.45, 7) is 4.98. The number of anilines is 1. The predicted octanol–water partition coefficient (Wildman–Crippen LogP) is 2.69. The quantitative estimate of drug-likeness (QED) is 0.567. The highest BCUT2D eigenvalue weighted by Gasteiger charge is 2.31.